The Kier molecular flexibility index (Phi) is 4.63. The fraction of sp³-hybridized carbons (Fsp3) is 0.474. The van der Waals surface area contributed by atoms with Gasteiger partial charge >= 0.3 is 0 Å². The molecule has 5 heteroatoms. The van der Waals surface area contributed by atoms with Gasteiger partial charge < -0.3 is 4.90 Å². The van der Waals surface area contributed by atoms with Crippen LogP contribution < -0.4 is 0 Å². The molecule has 1 aromatic carbocycles. The molecule has 0 N–H and O–H groups in total. The van der Waals surface area contributed by atoms with Gasteiger partial charge in [0.15, 0.2) is 0 Å². The lowest BCUT2D eigenvalue weighted by Crippen LogP contribution is -2.48. The molecule has 0 radical (unpaired) electrons. The number of para-hydroxylation sites is 1. The Labute approximate surface area is 146 Å². The van der Waals surface area contributed by atoms with Crippen LogP contribution in [0.15, 0.2) is 36.4 Å². The summed E-state index contributed by atoms with van der Waals surface area (Å²) in [6.45, 7) is 4.48. The summed E-state index contributed by atoms with van der Waals surface area (Å²) in [5.74, 6) is 0.796. The van der Waals surface area contributed by atoms with Gasteiger partial charge in [-0.2, -0.15) is 0 Å². The molecule has 1 aliphatic carbocycles. The summed E-state index contributed by atoms with van der Waals surface area (Å²) in [6, 6.07) is 8.30. The van der Waals surface area contributed by atoms with E-state index in [2.05, 4.69) is 35.3 Å². The predicted molar refractivity (Wildman–Crippen MR) is 98.0 cm³/mol. The Morgan fingerprint density at radius 3 is 2.79 bits per heavy atom. The number of nitrogens with zero attached hydrogens (tertiary/aromatic N) is 3. The molecule has 4 rings (SSSR count). The first kappa shape index (κ1) is 15.8. The average molecular weight is 341 g/mol. The van der Waals surface area contributed by atoms with Gasteiger partial charge in [-0.15, -0.1) is 11.3 Å². The van der Waals surface area contributed by atoms with Gasteiger partial charge in [0.05, 0.1) is 16.8 Å². The lowest BCUT2D eigenvalue weighted by Gasteiger charge is -2.34. The van der Waals surface area contributed by atoms with E-state index in [4.69, 9.17) is 4.98 Å². The van der Waals surface area contributed by atoms with E-state index in [1.807, 2.05) is 11.0 Å². The summed E-state index contributed by atoms with van der Waals surface area (Å²) in [6.07, 6.45) is 7.38. The third-order valence-corrected chi connectivity index (χ3v) is 5.99. The van der Waals surface area contributed by atoms with Crippen LogP contribution in [0, 0.1) is 5.92 Å². The van der Waals surface area contributed by atoms with E-state index in [1.54, 1.807) is 11.3 Å². The zero-order chi connectivity index (χ0) is 16.4. The third kappa shape index (κ3) is 3.52. The molecule has 1 fully saturated rings. The zero-order valence-corrected chi connectivity index (χ0v) is 14.7. The van der Waals surface area contributed by atoms with E-state index in [0.29, 0.717) is 18.2 Å². The number of aromatic nitrogens is 1. The van der Waals surface area contributed by atoms with Crippen LogP contribution in [0.25, 0.3) is 10.2 Å². The van der Waals surface area contributed by atoms with Crippen molar-refractivity contribution in [2.24, 2.45) is 5.92 Å². The van der Waals surface area contributed by atoms with Gasteiger partial charge in [-0.3, -0.25) is 9.69 Å². The van der Waals surface area contributed by atoms with Crippen LogP contribution in [-0.4, -0.2) is 46.9 Å². The first-order valence-electron chi connectivity index (χ1n) is 8.79. The minimum Gasteiger partial charge on any atom is -0.340 e. The predicted octanol–water partition coefficient (Wildman–Crippen LogP) is 3.30. The largest absolute Gasteiger partial charge is 0.340 e. The second-order valence-corrected chi connectivity index (χ2v) is 7.82. The number of piperazine rings is 1. The monoisotopic (exact) mass is 341 g/mol. The molecule has 2 aliphatic rings. The van der Waals surface area contributed by atoms with E-state index in [1.165, 1.54) is 9.71 Å². The van der Waals surface area contributed by atoms with Crippen molar-refractivity contribution in [3.63, 3.8) is 0 Å². The van der Waals surface area contributed by atoms with Crippen LogP contribution in [0.2, 0.25) is 0 Å². The summed E-state index contributed by atoms with van der Waals surface area (Å²) in [4.78, 5) is 21.6. The Bertz CT molecular complexity index is 713. The molecule has 4 nitrogen and oxygen atoms in total. The number of carbonyl (C=O) groups is 1. The molecule has 0 bridgehead atoms. The fourth-order valence-electron chi connectivity index (χ4n) is 3.55. The van der Waals surface area contributed by atoms with E-state index in [0.717, 1.165) is 51.1 Å². The fourth-order valence-corrected chi connectivity index (χ4v) is 4.56. The first-order valence-corrected chi connectivity index (χ1v) is 9.61. The van der Waals surface area contributed by atoms with Crippen molar-refractivity contribution in [1.82, 2.24) is 14.8 Å². The molecule has 1 atom stereocenters. The summed E-state index contributed by atoms with van der Waals surface area (Å²) in [5.41, 5.74) is 1.09. The Hall–Kier alpha value is -1.72. The highest BCUT2D eigenvalue weighted by Gasteiger charge is 2.24. The van der Waals surface area contributed by atoms with Crippen molar-refractivity contribution in [3.8, 4) is 0 Å². The van der Waals surface area contributed by atoms with E-state index >= 15 is 0 Å². The molecule has 1 aliphatic heterocycles. The summed E-state index contributed by atoms with van der Waals surface area (Å²) >= 11 is 1.78. The van der Waals surface area contributed by atoms with Crippen molar-refractivity contribution >= 4 is 27.5 Å². The number of carbonyl (C=O) groups excluding carboxylic acids is 1. The van der Waals surface area contributed by atoms with E-state index in [-0.39, 0.29) is 0 Å². The van der Waals surface area contributed by atoms with Gasteiger partial charge in [-0.25, -0.2) is 4.98 Å². The Morgan fingerprint density at radius 1 is 1.21 bits per heavy atom. The number of hydrogen-bond acceptors (Lipinski definition) is 4. The quantitative estimate of drug-likeness (QED) is 0.801. The first-order chi connectivity index (χ1) is 11.8. The van der Waals surface area contributed by atoms with Crippen LogP contribution in [0.4, 0.5) is 0 Å². The number of amides is 1. The SMILES string of the molecule is O=C(CC1C=CCC1)N1CCN(Cc2nc3ccccc3s2)CC1. The molecule has 1 amide bonds. The maximum Gasteiger partial charge on any atom is 0.223 e. The normalized spacial score (nSPS) is 21.7. The lowest BCUT2D eigenvalue weighted by molar-refractivity contribution is -0.133. The standard InChI is InChI=1S/C19H23N3OS/c23-19(13-15-5-1-2-6-15)22-11-9-21(10-12-22)14-18-20-16-7-3-4-8-17(16)24-18/h1,3-5,7-8,15H,2,6,9-14H2. The smallest absolute Gasteiger partial charge is 0.223 e. The number of fused-ring (bicyclic) bond motifs is 1. The number of benzene rings is 1. The molecule has 2 heterocycles. The minimum atomic E-state index is 0.325. The van der Waals surface area contributed by atoms with Crippen molar-refractivity contribution in [2.45, 2.75) is 25.8 Å². The highest BCUT2D eigenvalue weighted by atomic mass is 32.1. The van der Waals surface area contributed by atoms with Gasteiger partial charge in [0, 0.05) is 32.6 Å². The maximum atomic E-state index is 12.4. The highest BCUT2D eigenvalue weighted by Crippen LogP contribution is 2.24. The van der Waals surface area contributed by atoms with Crippen LogP contribution in [0.5, 0.6) is 0 Å². The van der Waals surface area contributed by atoms with Crippen molar-refractivity contribution < 1.29 is 4.79 Å². The van der Waals surface area contributed by atoms with Crippen LogP contribution in [0.1, 0.15) is 24.3 Å². The molecule has 126 valence electrons. The molecule has 0 spiro atoms. The molecular formula is C19H23N3OS. The third-order valence-electron chi connectivity index (χ3n) is 4.97. The van der Waals surface area contributed by atoms with E-state index < -0.39 is 0 Å². The molecule has 1 unspecified atom stereocenters. The van der Waals surface area contributed by atoms with Crippen LogP contribution >= 0.6 is 11.3 Å². The van der Waals surface area contributed by atoms with Crippen LogP contribution in [-0.2, 0) is 11.3 Å². The van der Waals surface area contributed by atoms with Gasteiger partial charge in [0.25, 0.3) is 0 Å². The molecule has 1 saturated heterocycles. The number of rotatable bonds is 4. The Morgan fingerprint density at radius 2 is 2.04 bits per heavy atom. The van der Waals surface area contributed by atoms with Gasteiger partial charge in [0.2, 0.25) is 5.91 Å². The second-order valence-electron chi connectivity index (χ2n) is 6.70. The molecule has 0 saturated carbocycles. The number of hydrogen-bond donors (Lipinski definition) is 0. The van der Waals surface area contributed by atoms with E-state index in [9.17, 15) is 4.79 Å². The van der Waals surface area contributed by atoms with Gasteiger partial charge in [0.1, 0.15) is 5.01 Å². The van der Waals surface area contributed by atoms with Crippen molar-refractivity contribution in [1.29, 1.82) is 0 Å². The average Bonchev–Trinajstić information content (AvgIpc) is 3.24. The summed E-state index contributed by atoms with van der Waals surface area (Å²) < 4.78 is 1.26. The molecule has 24 heavy (non-hydrogen) atoms. The molecular weight excluding hydrogens is 318 g/mol. The van der Waals surface area contributed by atoms with Gasteiger partial charge in [-0.05, 0) is 30.9 Å². The van der Waals surface area contributed by atoms with Gasteiger partial charge in [-0.1, -0.05) is 24.3 Å². The van der Waals surface area contributed by atoms with Crippen molar-refractivity contribution in [2.75, 3.05) is 26.2 Å². The topological polar surface area (TPSA) is 36.4 Å². The zero-order valence-electron chi connectivity index (χ0n) is 13.9. The minimum absolute atomic E-state index is 0.325. The Balaban J connectivity index is 1.29. The molecule has 2 aromatic rings. The summed E-state index contributed by atoms with van der Waals surface area (Å²) in [5, 5.41) is 1.17. The lowest BCUT2D eigenvalue weighted by atomic mass is 10.0. The van der Waals surface area contributed by atoms with Crippen LogP contribution in [0.3, 0.4) is 0 Å². The summed E-state index contributed by atoms with van der Waals surface area (Å²) in [7, 11) is 0. The molecule has 1 aromatic heterocycles. The maximum absolute atomic E-state index is 12.4. The second kappa shape index (κ2) is 7.03. The number of thiazole rings is 1. The van der Waals surface area contributed by atoms with Crippen molar-refractivity contribution in [3.05, 3.63) is 41.4 Å². The number of allylic oxidation sites excluding steroid dienone is 2. The highest BCUT2D eigenvalue weighted by molar-refractivity contribution is 7.18.